The molecule has 116 valence electrons. The first-order valence-corrected chi connectivity index (χ1v) is 7.20. The quantitative estimate of drug-likeness (QED) is 0.627. The first-order valence-electron chi connectivity index (χ1n) is 7.20. The molecule has 1 fully saturated rings. The zero-order chi connectivity index (χ0) is 15.1. The molecule has 0 bridgehead atoms. The predicted molar refractivity (Wildman–Crippen MR) is 79.6 cm³/mol. The first kappa shape index (κ1) is 15.6. The molecule has 0 saturated carbocycles. The number of nitrogens with zero attached hydrogens (tertiary/aromatic N) is 1. The third kappa shape index (κ3) is 4.61. The van der Waals surface area contributed by atoms with E-state index in [1.165, 1.54) is 0 Å². The Labute approximate surface area is 124 Å². The monoisotopic (exact) mass is 294 g/mol. The van der Waals surface area contributed by atoms with Gasteiger partial charge in [-0.15, -0.1) is 0 Å². The molecular weight excluding hydrogens is 272 g/mol. The van der Waals surface area contributed by atoms with E-state index >= 15 is 0 Å². The number of nitrogens with two attached hydrogens (primary N) is 1. The number of morpholine rings is 1. The third-order valence-corrected chi connectivity index (χ3v) is 3.27. The smallest absolute Gasteiger partial charge is 0.341 e. The van der Waals surface area contributed by atoms with Gasteiger partial charge in [0.25, 0.3) is 0 Å². The molecule has 1 aliphatic rings. The summed E-state index contributed by atoms with van der Waals surface area (Å²) in [5, 5.41) is 0. The highest BCUT2D eigenvalue weighted by molar-refractivity contribution is 5.93. The summed E-state index contributed by atoms with van der Waals surface area (Å²) in [6, 6.07) is 5.01. The summed E-state index contributed by atoms with van der Waals surface area (Å²) in [6.45, 7) is 6.74. The normalized spacial score (nSPS) is 15.7. The summed E-state index contributed by atoms with van der Waals surface area (Å²) in [7, 11) is 0. The molecule has 1 aromatic carbocycles. The standard InChI is InChI=1S/C15H22N2O4/c1-2-20-15(18)13-11-12(16)3-4-14(13)21-10-7-17-5-8-19-9-6-17/h3-4,11H,2,5-10,16H2,1H3. The number of hydrogen-bond acceptors (Lipinski definition) is 6. The Morgan fingerprint density at radius 1 is 1.38 bits per heavy atom. The lowest BCUT2D eigenvalue weighted by atomic mass is 10.2. The number of ether oxygens (including phenoxy) is 3. The molecule has 0 unspecified atom stereocenters. The van der Waals surface area contributed by atoms with E-state index in [0.29, 0.717) is 30.2 Å². The Balaban J connectivity index is 1.93. The van der Waals surface area contributed by atoms with Crippen molar-refractivity contribution < 1.29 is 19.0 Å². The summed E-state index contributed by atoms with van der Waals surface area (Å²) in [6.07, 6.45) is 0. The fourth-order valence-corrected chi connectivity index (χ4v) is 2.15. The number of esters is 1. The third-order valence-electron chi connectivity index (χ3n) is 3.27. The molecule has 21 heavy (non-hydrogen) atoms. The minimum absolute atomic E-state index is 0.320. The maximum Gasteiger partial charge on any atom is 0.341 e. The van der Waals surface area contributed by atoms with Gasteiger partial charge in [-0.2, -0.15) is 0 Å². The lowest BCUT2D eigenvalue weighted by molar-refractivity contribution is 0.0320. The van der Waals surface area contributed by atoms with Gasteiger partial charge in [-0.3, -0.25) is 4.90 Å². The van der Waals surface area contributed by atoms with Crippen molar-refractivity contribution in [1.82, 2.24) is 4.90 Å². The number of anilines is 1. The molecule has 0 atom stereocenters. The second kappa shape index (κ2) is 7.85. The predicted octanol–water partition coefficient (Wildman–Crippen LogP) is 1.16. The Morgan fingerprint density at radius 3 is 2.86 bits per heavy atom. The number of nitrogen functional groups attached to an aromatic ring is 1. The molecule has 1 aromatic rings. The molecular formula is C15H22N2O4. The minimum Gasteiger partial charge on any atom is -0.491 e. The summed E-state index contributed by atoms with van der Waals surface area (Å²) in [5.41, 5.74) is 6.61. The highest BCUT2D eigenvalue weighted by atomic mass is 16.5. The zero-order valence-corrected chi connectivity index (χ0v) is 12.3. The zero-order valence-electron chi connectivity index (χ0n) is 12.3. The maximum atomic E-state index is 11.9. The number of carbonyl (C=O) groups is 1. The Morgan fingerprint density at radius 2 is 2.14 bits per heavy atom. The van der Waals surface area contributed by atoms with E-state index in [1.807, 2.05) is 0 Å². The van der Waals surface area contributed by atoms with Crippen molar-refractivity contribution in [1.29, 1.82) is 0 Å². The summed E-state index contributed by atoms with van der Waals surface area (Å²) in [4.78, 5) is 14.2. The van der Waals surface area contributed by atoms with Crippen LogP contribution in [-0.4, -0.2) is 56.9 Å². The average Bonchev–Trinajstić information content (AvgIpc) is 2.50. The van der Waals surface area contributed by atoms with Crippen LogP contribution in [0, 0.1) is 0 Å². The van der Waals surface area contributed by atoms with Crippen molar-refractivity contribution in [2.24, 2.45) is 0 Å². The Kier molecular flexibility index (Phi) is 5.83. The van der Waals surface area contributed by atoms with Gasteiger partial charge in [-0.1, -0.05) is 0 Å². The summed E-state index contributed by atoms with van der Waals surface area (Å²) in [5.74, 6) is 0.0991. The highest BCUT2D eigenvalue weighted by Crippen LogP contribution is 2.22. The van der Waals surface area contributed by atoms with Crippen LogP contribution in [0.15, 0.2) is 18.2 Å². The van der Waals surface area contributed by atoms with E-state index in [1.54, 1.807) is 25.1 Å². The van der Waals surface area contributed by atoms with E-state index in [0.717, 1.165) is 32.8 Å². The van der Waals surface area contributed by atoms with E-state index in [9.17, 15) is 4.79 Å². The molecule has 0 aliphatic carbocycles. The van der Waals surface area contributed by atoms with Gasteiger partial charge in [-0.05, 0) is 25.1 Å². The largest absolute Gasteiger partial charge is 0.491 e. The minimum atomic E-state index is -0.411. The van der Waals surface area contributed by atoms with Gasteiger partial charge in [0.2, 0.25) is 0 Å². The van der Waals surface area contributed by atoms with Gasteiger partial charge < -0.3 is 19.9 Å². The van der Waals surface area contributed by atoms with E-state index in [-0.39, 0.29) is 0 Å². The average molecular weight is 294 g/mol. The van der Waals surface area contributed by atoms with Crippen LogP contribution in [-0.2, 0) is 9.47 Å². The van der Waals surface area contributed by atoms with Crippen LogP contribution in [0.5, 0.6) is 5.75 Å². The topological polar surface area (TPSA) is 74.0 Å². The second-order valence-corrected chi connectivity index (χ2v) is 4.78. The van der Waals surface area contributed by atoms with Crippen LogP contribution in [0.3, 0.4) is 0 Å². The van der Waals surface area contributed by atoms with Crippen molar-refractivity contribution in [3.05, 3.63) is 23.8 Å². The summed E-state index contributed by atoms with van der Waals surface area (Å²) < 4.78 is 16.0. The molecule has 0 radical (unpaired) electrons. The Hall–Kier alpha value is -1.79. The van der Waals surface area contributed by atoms with Crippen LogP contribution in [0.25, 0.3) is 0 Å². The molecule has 0 aromatic heterocycles. The number of rotatable bonds is 6. The van der Waals surface area contributed by atoms with Gasteiger partial charge in [0.1, 0.15) is 17.9 Å². The van der Waals surface area contributed by atoms with Crippen LogP contribution in [0.2, 0.25) is 0 Å². The number of carbonyl (C=O) groups excluding carboxylic acids is 1. The highest BCUT2D eigenvalue weighted by Gasteiger charge is 2.15. The van der Waals surface area contributed by atoms with Crippen molar-refractivity contribution in [2.75, 3.05) is 51.8 Å². The fourth-order valence-electron chi connectivity index (χ4n) is 2.15. The van der Waals surface area contributed by atoms with Crippen molar-refractivity contribution >= 4 is 11.7 Å². The first-order chi connectivity index (χ1) is 10.2. The number of benzene rings is 1. The Bertz CT molecular complexity index is 473. The van der Waals surface area contributed by atoms with E-state index in [2.05, 4.69) is 4.90 Å². The van der Waals surface area contributed by atoms with Gasteiger partial charge in [0.05, 0.1) is 19.8 Å². The molecule has 1 heterocycles. The van der Waals surface area contributed by atoms with Gasteiger partial charge in [0.15, 0.2) is 0 Å². The van der Waals surface area contributed by atoms with Crippen LogP contribution >= 0.6 is 0 Å². The van der Waals surface area contributed by atoms with E-state index in [4.69, 9.17) is 19.9 Å². The molecule has 0 spiro atoms. The van der Waals surface area contributed by atoms with Gasteiger partial charge >= 0.3 is 5.97 Å². The van der Waals surface area contributed by atoms with Gasteiger partial charge in [-0.25, -0.2) is 4.79 Å². The van der Waals surface area contributed by atoms with Crippen molar-refractivity contribution in [2.45, 2.75) is 6.92 Å². The molecule has 6 heteroatoms. The van der Waals surface area contributed by atoms with Crippen LogP contribution < -0.4 is 10.5 Å². The molecule has 2 N–H and O–H groups in total. The number of hydrogen-bond donors (Lipinski definition) is 1. The molecule has 0 amide bonds. The SMILES string of the molecule is CCOC(=O)c1cc(N)ccc1OCCN1CCOCC1. The molecule has 6 nitrogen and oxygen atoms in total. The lowest BCUT2D eigenvalue weighted by Crippen LogP contribution is -2.38. The maximum absolute atomic E-state index is 11.9. The molecule has 1 aliphatic heterocycles. The molecule has 2 rings (SSSR count). The summed E-state index contributed by atoms with van der Waals surface area (Å²) >= 11 is 0. The van der Waals surface area contributed by atoms with E-state index < -0.39 is 5.97 Å². The van der Waals surface area contributed by atoms with Crippen molar-refractivity contribution in [3.8, 4) is 5.75 Å². The molecule has 1 saturated heterocycles. The fraction of sp³-hybridized carbons (Fsp3) is 0.533. The van der Waals surface area contributed by atoms with Crippen LogP contribution in [0.4, 0.5) is 5.69 Å². The lowest BCUT2D eigenvalue weighted by Gasteiger charge is -2.26. The van der Waals surface area contributed by atoms with Crippen LogP contribution in [0.1, 0.15) is 17.3 Å². The second-order valence-electron chi connectivity index (χ2n) is 4.78. The van der Waals surface area contributed by atoms with Crippen molar-refractivity contribution in [3.63, 3.8) is 0 Å². The van der Waals surface area contributed by atoms with Gasteiger partial charge in [0, 0.05) is 25.3 Å².